The van der Waals surface area contributed by atoms with Crippen LogP contribution in [0.15, 0.2) is 35.1 Å². The normalized spacial score (nSPS) is 10.2. The lowest BCUT2D eigenvalue weighted by Gasteiger charge is -2.10. The minimum absolute atomic E-state index is 0.0355. The van der Waals surface area contributed by atoms with Gasteiger partial charge < -0.3 is 10.1 Å². The first-order chi connectivity index (χ1) is 10.9. The summed E-state index contributed by atoms with van der Waals surface area (Å²) in [5.74, 6) is -1.21. The molecule has 0 atom stereocenters. The van der Waals surface area contributed by atoms with E-state index in [2.05, 4.69) is 10.4 Å². The van der Waals surface area contributed by atoms with E-state index in [0.717, 1.165) is 15.8 Å². The van der Waals surface area contributed by atoms with E-state index < -0.39 is 18.5 Å². The van der Waals surface area contributed by atoms with Crippen LogP contribution in [0.25, 0.3) is 0 Å². The second kappa shape index (κ2) is 6.87. The van der Waals surface area contributed by atoms with Gasteiger partial charge in [-0.25, -0.2) is 9.48 Å². The molecule has 0 aliphatic heterocycles. The zero-order chi connectivity index (χ0) is 17.0. The molecule has 0 saturated carbocycles. The molecule has 120 valence electrons. The largest absolute Gasteiger partial charge is 0.451 e. The summed E-state index contributed by atoms with van der Waals surface area (Å²) in [6.45, 7) is 3.40. The van der Waals surface area contributed by atoms with E-state index in [1.165, 1.54) is 19.2 Å². The fraction of sp³-hybridized carbons (Fsp3) is 0.250. The van der Waals surface area contributed by atoms with Crippen molar-refractivity contribution in [1.82, 2.24) is 9.78 Å². The molecule has 0 aliphatic rings. The van der Waals surface area contributed by atoms with Crippen LogP contribution in [-0.4, -0.2) is 28.3 Å². The Kier molecular flexibility index (Phi) is 4.90. The summed E-state index contributed by atoms with van der Waals surface area (Å²) in [4.78, 5) is 34.9. The van der Waals surface area contributed by atoms with Crippen molar-refractivity contribution in [1.29, 1.82) is 0 Å². The Bertz CT molecular complexity index is 811. The van der Waals surface area contributed by atoms with Gasteiger partial charge in [-0.2, -0.15) is 5.10 Å². The molecule has 7 heteroatoms. The van der Waals surface area contributed by atoms with Crippen molar-refractivity contribution in [3.05, 3.63) is 57.5 Å². The molecule has 1 N–H and O–H groups in total. The van der Waals surface area contributed by atoms with Crippen LogP contribution in [0.2, 0.25) is 0 Å². The lowest BCUT2D eigenvalue weighted by Crippen LogP contribution is -2.24. The van der Waals surface area contributed by atoms with Crippen molar-refractivity contribution in [2.24, 2.45) is 7.05 Å². The first kappa shape index (κ1) is 16.4. The van der Waals surface area contributed by atoms with Gasteiger partial charge in [0.05, 0.1) is 0 Å². The summed E-state index contributed by atoms with van der Waals surface area (Å²) in [6, 6.07) is 8.01. The van der Waals surface area contributed by atoms with Gasteiger partial charge >= 0.3 is 5.97 Å². The number of amides is 1. The summed E-state index contributed by atoms with van der Waals surface area (Å²) in [7, 11) is 1.42. The molecule has 1 heterocycles. The number of carbonyl (C=O) groups is 2. The highest BCUT2D eigenvalue weighted by atomic mass is 16.5. The standard InChI is InChI=1S/C16H17N3O4/c1-10-5-4-6-12(11(10)2)17-14(20)9-23-16(22)13-7-8-15(21)19(3)18-13/h4-8H,9H2,1-3H3,(H,17,20). The average molecular weight is 315 g/mol. The van der Waals surface area contributed by atoms with E-state index in [-0.39, 0.29) is 11.3 Å². The van der Waals surface area contributed by atoms with Crippen molar-refractivity contribution in [3.63, 3.8) is 0 Å². The van der Waals surface area contributed by atoms with E-state index >= 15 is 0 Å². The Labute approximate surface area is 132 Å². The van der Waals surface area contributed by atoms with Crippen molar-refractivity contribution < 1.29 is 14.3 Å². The van der Waals surface area contributed by atoms with Crippen molar-refractivity contribution in [3.8, 4) is 0 Å². The Morgan fingerprint density at radius 1 is 1.22 bits per heavy atom. The maximum Gasteiger partial charge on any atom is 0.359 e. The van der Waals surface area contributed by atoms with Gasteiger partial charge in [0.1, 0.15) is 0 Å². The number of anilines is 1. The number of hydrogen-bond donors (Lipinski definition) is 1. The molecule has 1 aromatic heterocycles. The number of aromatic nitrogens is 2. The van der Waals surface area contributed by atoms with E-state index in [9.17, 15) is 14.4 Å². The number of nitrogens with one attached hydrogen (secondary N) is 1. The third-order valence-electron chi connectivity index (χ3n) is 3.38. The Hall–Kier alpha value is -2.96. The summed E-state index contributed by atoms with van der Waals surface area (Å²) < 4.78 is 5.92. The van der Waals surface area contributed by atoms with Crippen molar-refractivity contribution >= 4 is 17.6 Å². The Morgan fingerprint density at radius 2 is 1.96 bits per heavy atom. The third-order valence-corrected chi connectivity index (χ3v) is 3.38. The first-order valence-electron chi connectivity index (χ1n) is 6.96. The molecule has 0 bridgehead atoms. The average Bonchev–Trinajstić information content (AvgIpc) is 2.52. The van der Waals surface area contributed by atoms with E-state index in [0.29, 0.717) is 5.69 Å². The van der Waals surface area contributed by atoms with Gasteiger partial charge in [0.25, 0.3) is 11.5 Å². The van der Waals surface area contributed by atoms with Crippen LogP contribution >= 0.6 is 0 Å². The van der Waals surface area contributed by atoms with Crippen LogP contribution in [0.4, 0.5) is 5.69 Å². The molecule has 23 heavy (non-hydrogen) atoms. The second-order valence-corrected chi connectivity index (χ2v) is 5.05. The van der Waals surface area contributed by atoms with Crippen LogP contribution in [0.1, 0.15) is 21.6 Å². The SMILES string of the molecule is Cc1cccc(NC(=O)COC(=O)c2ccc(=O)n(C)n2)c1C. The van der Waals surface area contributed by atoms with Crippen LogP contribution < -0.4 is 10.9 Å². The van der Waals surface area contributed by atoms with Gasteiger partial charge in [0.2, 0.25) is 0 Å². The van der Waals surface area contributed by atoms with Crippen LogP contribution in [-0.2, 0) is 16.6 Å². The van der Waals surface area contributed by atoms with Crippen LogP contribution in [0, 0.1) is 13.8 Å². The summed E-state index contributed by atoms with van der Waals surface area (Å²) >= 11 is 0. The van der Waals surface area contributed by atoms with E-state index in [1.807, 2.05) is 26.0 Å². The molecule has 1 aromatic carbocycles. The Morgan fingerprint density at radius 3 is 2.65 bits per heavy atom. The zero-order valence-corrected chi connectivity index (χ0v) is 13.1. The highest BCUT2D eigenvalue weighted by molar-refractivity contribution is 5.95. The molecule has 0 fully saturated rings. The number of hydrogen-bond acceptors (Lipinski definition) is 5. The van der Waals surface area contributed by atoms with Crippen LogP contribution in [0.5, 0.6) is 0 Å². The fourth-order valence-electron chi connectivity index (χ4n) is 1.89. The van der Waals surface area contributed by atoms with Gasteiger partial charge in [0.15, 0.2) is 12.3 Å². The van der Waals surface area contributed by atoms with Gasteiger partial charge in [0, 0.05) is 18.8 Å². The summed E-state index contributed by atoms with van der Waals surface area (Å²) in [6.07, 6.45) is 0. The molecule has 0 spiro atoms. The lowest BCUT2D eigenvalue weighted by atomic mass is 10.1. The molecular weight excluding hydrogens is 298 g/mol. The minimum atomic E-state index is -0.767. The second-order valence-electron chi connectivity index (χ2n) is 5.05. The number of rotatable bonds is 4. The number of ether oxygens (including phenoxy) is 1. The van der Waals surface area contributed by atoms with Gasteiger partial charge in [-0.15, -0.1) is 0 Å². The highest BCUT2D eigenvalue weighted by Crippen LogP contribution is 2.17. The molecule has 1 amide bonds. The number of aryl methyl sites for hydroxylation is 2. The third kappa shape index (κ3) is 4.03. The predicted octanol–water partition coefficient (Wildman–Crippen LogP) is 1.19. The monoisotopic (exact) mass is 315 g/mol. The van der Waals surface area contributed by atoms with Crippen LogP contribution in [0.3, 0.4) is 0 Å². The topological polar surface area (TPSA) is 90.3 Å². The summed E-state index contributed by atoms with van der Waals surface area (Å²) in [5.41, 5.74) is 2.30. The first-order valence-corrected chi connectivity index (χ1v) is 6.96. The predicted molar refractivity (Wildman–Crippen MR) is 84.3 cm³/mol. The molecule has 0 aliphatic carbocycles. The number of carbonyl (C=O) groups excluding carboxylic acids is 2. The molecule has 2 aromatic rings. The van der Waals surface area contributed by atoms with Gasteiger partial charge in [-0.1, -0.05) is 12.1 Å². The number of benzene rings is 1. The number of nitrogens with zero attached hydrogens (tertiary/aromatic N) is 2. The minimum Gasteiger partial charge on any atom is -0.451 e. The van der Waals surface area contributed by atoms with Gasteiger partial charge in [-0.05, 0) is 37.1 Å². The lowest BCUT2D eigenvalue weighted by molar-refractivity contribution is -0.119. The number of esters is 1. The molecule has 0 saturated heterocycles. The van der Waals surface area contributed by atoms with Gasteiger partial charge in [-0.3, -0.25) is 9.59 Å². The molecule has 7 nitrogen and oxygen atoms in total. The zero-order valence-electron chi connectivity index (χ0n) is 13.1. The Balaban J connectivity index is 1.96. The molecular formula is C16H17N3O4. The van der Waals surface area contributed by atoms with E-state index in [4.69, 9.17) is 4.74 Å². The molecule has 0 unspecified atom stereocenters. The smallest absolute Gasteiger partial charge is 0.359 e. The summed E-state index contributed by atoms with van der Waals surface area (Å²) in [5, 5.41) is 6.44. The maximum absolute atomic E-state index is 11.9. The molecule has 0 radical (unpaired) electrons. The fourth-order valence-corrected chi connectivity index (χ4v) is 1.89. The van der Waals surface area contributed by atoms with E-state index in [1.54, 1.807) is 6.07 Å². The van der Waals surface area contributed by atoms with Crippen molar-refractivity contribution in [2.45, 2.75) is 13.8 Å². The quantitative estimate of drug-likeness (QED) is 0.856. The van der Waals surface area contributed by atoms with Crippen molar-refractivity contribution in [2.75, 3.05) is 11.9 Å². The highest BCUT2D eigenvalue weighted by Gasteiger charge is 2.13. The molecule has 2 rings (SSSR count). The maximum atomic E-state index is 11.9.